The van der Waals surface area contributed by atoms with Crippen LogP contribution in [-0.4, -0.2) is 232 Å². The van der Waals surface area contributed by atoms with Crippen molar-refractivity contribution in [2.45, 2.75) is 190 Å². The molecule has 15 amide bonds. The van der Waals surface area contributed by atoms with E-state index in [2.05, 4.69) is 58.5 Å². The smallest absolute Gasteiger partial charge is 0.246 e. The normalized spacial score (nSPS) is 27.6. The minimum atomic E-state index is -1.78. The number of primary amides is 2. The van der Waals surface area contributed by atoms with Crippen molar-refractivity contribution in [3.8, 4) is 5.75 Å². The standard InChI is InChI=1S/C60H93N17O17S2/c1-4-31(2)48(63)59(93)75-42-30-96-95-29-41-51(85)66-27-47(82)76-23-9-13-43(76)58(92)70-37(11-5-7-21-61)52(86)71-38(25-33-15-17-34(79)18-16-33)54(88)73-40(28-78)55(89)68-35(49(64)83)19-20-46(81)65-22-8-6-12-36(69-56(42)90)53(87)72-39(26-45(62)80)60(94)77-24-10-14-44(77)57(91)67-32(3)50(84)74-41/h15-18,31-32,35-44,48,78-79H,4-14,19-30,61,63H2,1-3H3,(H2,62,80)(H2,64,83)(H,65,81)(H,66,85)(H,67,91)(H,68,89)(H,69,90)(H,70,92)(H,71,86)(H,72,87)(H,73,88)(H,74,84)(H,75,93)/t31-,32-,35-,36-,37-,38-,39-,40-,41-,42-,43-,44-,48-/m0/s1. The van der Waals surface area contributed by atoms with Gasteiger partial charge in [0.15, 0.2) is 0 Å². The first kappa shape index (κ1) is 78.3. The maximum Gasteiger partial charge on any atom is 0.246 e. The van der Waals surface area contributed by atoms with Crippen molar-refractivity contribution in [3.05, 3.63) is 29.8 Å². The van der Waals surface area contributed by atoms with Crippen LogP contribution in [0.1, 0.15) is 116 Å². The first-order valence-electron chi connectivity index (χ1n) is 32.2. The molecule has 21 N–H and O–H groups in total. The summed E-state index contributed by atoms with van der Waals surface area (Å²) in [6.45, 7) is 3.20. The maximum absolute atomic E-state index is 14.6. The fraction of sp³-hybridized carbons (Fsp3) is 0.650. The molecular weight excluding hydrogens is 1290 g/mol. The van der Waals surface area contributed by atoms with Crippen molar-refractivity contribution >= 4 is 110 Å². The van der Waals surface area contributed by atoms with Crippen LogP contribution >= 0.6 is 21.6 Å². The molecular formula is C60H93N17O17S2. The maximum atomic E-state index is 14.6. The molecule has 0 aliphatic carbocycles. The van der Waals surface area contributed by atoms with Crippen molar-refractivity contribution in [1.29, 1.82) is 0 Å². The van der Waals surface area contributed by atoms with Gasteiger partial charge in [0, 0.05) is 44.0 Å². The Morgan fingerprint density at radius 3 is 1.91 bits per heavy atom. The monoisotopic (exact) mass is 1390 g/mol. The molecule has 5 rings (SSSR count). The van der Waals surface area contributed by atoms with Gasteiger partial charge in [-0.15, -0.1) is 0 Å². The van der Waals surface area contributed by atoms with Crippen molar-refractivity contribution in [1.82, 2.24) is 68.3 Å². The summed E-state index contributed by atoms with van der Waals surface area (Å²) >= 11 is 0. The molecule has 4 aliphatic heterocycles. The third-order valence-electron chi connectivity index (χ3n) is 16.9. The predicted molar refractivity (Wildman–Crippen MR) is 349 cm³/mol. The molecule has 34 nitrogen and oxygen atoms in total. The first-order chi connectivity index (χ1) is 45.7. The van der Waals surface area contributed by atoms with Crippen molar-refractivity contribution in [2.24, 2.45) is 28.9 Å². The predicted octanol–water partition coefficient (Wildman–Crippen LogP) is -6.25. The number of fused-ring (bicyclic) bond motifs is 10. The second kappa shape index (κ2) is 39.0. The van der Waals surface area contributed by atoms with Crippen LogP contribution in [0.15, 0.2) is 24.3 Å². The number of carbonyl (C=O) groups is 15. The molecule has 2 bridgehead atoms. The molecule has 0 spiro atoms. The summed E-state index contributed by atoms with van der Waals surface area (Å²) in [5.74, 6) is -14.5. The van der Waals surface area contributed by atoms with Crippen LogP contribution in [0.4, 0.5) is 0 Å². The lowest BCUT2D eigenvalue weighted by atomic mass is 9.99. The largest absolute Gasteiger partial charge is 0.508 e. The molecule has 4 saturated heterocycles. The molecule has 0 unspecified atom stereocenters. The van der Waals surface area contributed by atoms with Gasteiger partial charge in [0.1, 0.15) is 72.2 Å². The fourth-order valence-corrected chi connectivity index (χ4v) is 13.3. The Morgan fingerprint density at radius 1 is 0.646 bits per heavy atom. The number of aliphatic hydroxyl groups is 1. The summed E-state index contributed by atoms with van der Waals surface area (Å²) < 4.78 is 0. The van der Waals surface area contributed by atoms with Gasteiger partial charge in [-0.3, -0.25) is 71.9 Å². The topological polar surface area (TPSA) is 539 Å². The Morgan fingerprint density at radius 2 is 1.25 bits per heavy atom. The van der Waals surface area contributed by atoms with Crippen LogP contribution < -0.4 is 81.4 Å². The van der Waals surface area contributed by atoms with Crippen molar-refractivity contribution in [2.75, 3.05) is 50.8 Å². The Bertz CT molecular complexity index is 2970. The Kier molecular flexibility index (Phi) is 31.8. The highest BCUT2D eigenvalue weighted by Gasteiger charge is 2.42. The molecule has 4 heterocycles. The fourth-order valence-electron chi connectivity index (χ4n) is 11.0. The summed E-state index contributed by atoms with van der Waals surface area (Å²) in [6.07, 6.45) is 0.0738. The van der Waals surface area contributed by atoms with E-state index >= 15 is 0 Å². The van der Waals surface area contributed by atoms with Gasteiger partial charge in [-0.25, -0.2) is 0 Å². The molecule has 96 heavy (non-hydrogen) atoms. The summed E-state index contributed by atoms with van der Waals surface area (Å²) in [6, 6.07) is -11.7. The summed E-state index contributed by atoms with van der Waals surface area (Å²) in [4.78, 5) is 211. The summed E-state index contributed by atoms with van der Waals surface area (Å²) in [5.41, 5.74) is 23.7. The van der Waals surface area contributed by atoms with Gasteiger partial charge in [-0.2, -0.15) is 0 Å². The molecule has 0 radical (unpaired) electrons. The molecule has 13 atom stereocenters. The van der Waals surface area contributed by atoms with Crippen LogP contribution in [0, 0.1) is 5.92 Å². The SMILES string of the molecule is CC[C@H](C)[C@H](N)C(=O)N[C@H]1CSSC[C@@H]2NC(=O)[C@H](C)NC(=O)[C@@H]3CCCN3C(=O)[C@H](CC(N)=O)NC(=O)[C@H](CCCCNC(=O)CC[C@@H](C(N)=O)NC(=O)[C@H](CO)NC(=O)[C@H](Cc3ccc(O)cc3)NC(=O)[C@H](CCCCN)NC(=O)[C@@H]3CCCN3C(=O)CNC2=O)NC1=O. The molecule has 4 fully saturated rings. The zero-order valence-electron chi connectivity index (χ0n) is 54.1. The van der Waals surface area contributed by atoms with Gasteiger partial charge in [-0.1, -0.05) is 54.0 Å². The number of unbranched alkanes of at least 4 members (excludes halogenated alkanes) is 1. The van der Waals surface area contributed by atoms with Crippen LogP contribution in [0.2, 0.25) is 0 Å². The van der Waals surface area contributed by atoms with E-state index in [1.165, 1.54) is 36.1 Å². The van der Waals surface area contributed by atoms with E-state index in [1.54, 1.807) is 13.8 Å². The van der Waals surface area contributed by atoms with Crippen molar-refractivity contribution in [3.63, 3.8) is 0 Å². The van der Waals surface area contributed by atoms with Crippen LogP contribution in [0.5, 0.6) is 5.75 Å². The molecule has 0 saturated carbocycles. The molecule has 532 valence electrons. The number of aliphatic hydroxyl groups excluding tert-OH is 1. The van der Waals surface area contributed by atoms with Gasteiger partial charge >= 0.3 is 0 Å². The Labute approximate surface area is 563 Å². The van der Waals surface area contributed by atoms with Gasteiger partial charge < -0.3 is 101 Å². The van der Waals surface area contributed by atoms with Gasteiger partial charge in [-0.05, 0) is 108 Å². The van der Waals surface area contributed by atoms with Crippen molar-refractivity contribution < 1.29 is 82.1 Å². The van der Waals surface area contributed by atoms with Crippen LogP contribution in [-0.2, 0) is 78.3 Å². The van der Waals surface area contributed by atoms with E-state index in [0.29, 0.717) is 31.2 Å². The average molecular weight is 1390 g/mol. The van der Waals surface area contributed by atoms with E-state index in [-0.39, 0.29) is 107 Å². The molecule has 36 heteroatoms. The molecule has 1 aromatic rings. The van der Waals surface area contributed by atoms with E-state index in [1.807, 2.05) is 0 Å². The number of rotatable bonds is 14. The number of nitrogens with two attached hydrogens (primary N) is 4. The number of phenolic OH excluding ortho intramolecular Hbond substituents is 1. The zero-order chi connectivity index (χ0) is 70.8. The average Bonchev–Trinajstić information content (AvgIpc) is 1.61. The van der Waals surface area contributed by atoms with E-state index in [0.717, 1.165) is 26.5 Å². The summed E-state index contributed by atoms with van der Waals surface area (Å²) in [5, 5.41) is 48.6. The molecule has 0 aromatic heterocycles. The number of benzene rings is 1. The van der Waals surface area contributed by atoms with E-state index in [9.17, 15) is 82.1 Å². The highest BCUT2D eigenvalue weighted by atomic mass is 33.1. The quantitative estimate of drug-likeness (QED) is 0.0609. The minimum absolute atomic E-state index is 0.0233. The lowest BCUT2D eigenvalue weighted by Gasteiger charge is -2.30. The number of carbonyl (C=O) groups excluding carboxylic acids is 15. The summed E-state index contributed by atoms with van der Waals surface area (Å²) in [7, 11) is 1.90. The van der Waals surface area contributed by atoms with Gasteiger partial charge in [0.2, 0.25) is 88.6 Å². The molecule has 1 aromatic carbocycles. The number of nitrogens with zero attached hydrogens (tertiary/aromatic N) is 2. The number of hydrogen-bond donors (Lipinski definition) is 17. The number of nitrogens with one attached hydrogen (secondary N) is 11. The lowest BCUT2D eigenvalue weighted by Crippen LogP contribution is -2.60. The number of amides is 15. The Balaban J connectivity index is 1.55. The lowest BCUT2D eigenvalue weighted by molar-refractivity contribution is -0.143. The van der Waals surface area contributed by atoms with Gasteiger partial charge in [0.25, 0.3) is 0 Å². The number of phenols is 1. The third kappa shape index (κ3) is 24.1. The molecule has 4 aliphatic rings. The third-order valence-corrected chi connectivity index (χ3v) is 19.3. The number of aromatic hydroxyl groups is 1. The van der Waals surface area contributed by atoms with Gasteiger partial charge in [0.05, 0.1) is 25.6 Å². The van der Waals surface area contributed by atoms with Crippen LogP contribution in [0.25, 0.3) is 0 Å². The van der Waals surface area contributed by atoms with Crippen LogP contribution in [0.3, 0.4) is 0 Å². The zero-order valence-corrected chi connectivity index (χ0v) is 55.7. The second-order valence-corrected chi connectivity index (χ2v) is 26.7. The highest BCUT2D eigenvalue weighted by molar-refractivity contribution is 8.76. The number of hydrogen-bond acceptors (Lipinski definition) is 21. The first-order valence-corrected chi connectivity index (χ1v) is 34.7. The van der Waals surface area contributed by atoms with E-state index < -0.39 is 187 Å². The van der Waals surface area contributed by atoms with E-state index in [4.69, 9.17) is 22.9 Å². The minimum Gasteiger partial charge on any atom is -0.508 e. The second-order valence-electron chi connectivity index (χ2n) is 24.1. The highest BCUT2D eigenvalue weighted by Crippen LogP contribution is 2.25. The Hall–Kier alpha value is -8.35.